The summed E-state index contributed by atoms with van der Waals surface area (Å²) in [6.07, 6.45) is 0. The number of rotatable bonds is 7. The van der Waals surface area contributed by atoms with E-state index in [2.05, 4.69) is 229 Å². The SMILES string of the molecule is c1ccc(-c2cc(-c3ccccc3)cc(N(c3ccccc3)c3ccc4c(c3)sc3ccc(C5(c6ccccc6)c6ccccc6-c6ccccc65)cc34)c2)cc1. The van der Waals surface area contributed by atoms with Gasteiger partial charge < -0.3 is 4.90 Å². The lowest BCUT2D eigenvalue weighted by molar-refractivity contribution is 0.770. The number of nitrogens with zero attached hydrogens (tertiary/aromatic N) is 1. The van der Waals surface area contributed by atoms with Crippen LogP contribution in [0, 0.1) is 0 Å². The highest BCUT2D eigenvalue weighted by Gasteiger charge is 2.45. The molecule has 0 N–H and O–H groups in total. The summed E-state index contributed by atoms with van der Waals surface area (Å²) in [6.45, 7) is 0. The zero-order valence-electron chi connectivity index (χ0n) is 31.2. The van der Waals surface area contributed by atoms with Crippen molar-refractivity contribution in [1.29, 1.82) is 0 Å². The highest BCUT2D eigenvalue weighted by Crippen LogP contribution is 2.56. The minimum absolute atomic E-state index is 0.429. The molecule has 9 aromatic carbocycles. The standard InChI is InChI=1S/C55H37NS/c1-5-17-38(18-6-1)40-33-41(39-19-7-2-8-20-39)35-46(34-40)56(44-23-11-4-12-24-44)45-30-31-49-50-36-43(29-32-53(50)57-54(49)37-45)55(42-21-9-3-10-22-42)51-27-15-13-25-47(51)48-26-14-16-28-52(48)55/h1-37H. The average molecular weight is 744 g/mol. The monoisotopic (exact) mass is 743 g/mol. The van der Waals surface area contributed by atoms with Gasteiger partial charge in [-0.2, -0.15) is 0 Å². The zero-order valence-corrected chi connectivity index (χ0v) is 32.0. The van der Waals surface area contributed by atoms with E-state index >= 15 is 0 Å². The second-order valence-corrected chi connectivity index (χ2v) is 16.0. The van der Waals surface area contributed by atoms with Crippen molar-refractivity contribution in [2.24, 2.45) is 0 Å². The molecular weight excluding hydrogens is 707 g/mol. The summed E-state index contributed by atoms with van der Waals surface area (Å²) < 4.78 is 2.56. The van der Waals surface area contributed by atoms with Crippen molar-refractivity contribution in [1.82, 2.24) is 0 Å². The molecule has 1 aliphatic rings. The third-order valence-corrected chi connectivity index (χ3v) is 12.8. The molecule has 1 aliphatic carbocycles. The first-order valence-corrected chi connectivity index (χ1v) is 20.4. The van der Waals surface area contributed by atoms with Crippen molar-refractivity contribution in [3.63, 3.8) is 0 Å². The van der Waals surface area contributed by atoms with Crippen LogP contribution in [0.3, 0.4) is 0 Å². The Hall–Kier alpha value is -7.00. The van der Waals surface area contributed by atoms with Gasteiger partial charge in [-0.3, -0.25) is 0 Å². The Morgan fingerprint density at radius 1 is 0.316 bits per heavy atom. The molecule has 0 amide bonds. The predicted molar refractivity (Wildman–Crippen MR) is 242 cm³/mol. The minimum atomic E-state index is -0.429. The molecule has 2 heteroatoms. The number of para-hydroxylation sites is 1. The zero-order chi connectivity index (χ0) is 37.8. The van der Waals surface area contributed by atoms with Crippen molar-refractivity contribution < 1.29 is 0 Å². The van der Waals surface area contributed by atoms with E-state index in [-0.39, 0.29) is 0 Å². The Morgan fingerprint density at radius 2 is 0.860 bits per heavy atom. The van der Waals surface area contributed by atoms with Gasteiger partial charge in [-0.1, -0.05) is 170 Å². The van der Waals surface area contributed by atoms with Gasteiger partial charge in [0.05, 0.1) is 5.41 Å². The van der Waals surface area contributed by atoms with E-state index in [9.17, 15) is 0 Å². The summed E-state index contributed by atoms with van der Waals surface area (Å²) in [6, 6.07) is 82.4. The molecule has 0 unspecified atom stereocenters. The lowest BCUT2D eigenvalue weighted by Gasteiger charge is -2.34. The van der Waals surface area contributed by atoms with Crippen molar-refractivity contribution in [3.8, 4) is 33.4 Å². The van der Waals surface area contributed by atoms with Crippen LogP contribution in [0.1, 0.15) is 22.3 Å². The van der Waals surface area contributed by atoms with Gasteiger partial charge in [0, 0.05) is 37.2 Å². The highest BCUT2D eigenvalue weighted by molar-refractivity contribution is 7.25. The fourth-order valence-electron chi connectivity index (χ4n) is 9.21. The molecule has 1 nitrogen and oxygen atoms in total. The molecule has 0 saturated heterocycles. The maximum absolute atomic E-state index is 2.48. The molecule has 268 valence electrons. The van der Waals surface area contributed by atoms with Crippen LogP contribution >= 0.6 is 11.3 Å². The normalized spacial score (nSPS) is 12.7. The number of anilines is 3. The number of hydrogen-bond donors (Lipinski definition) is 0. The predicted octanol–water partition coefficient (Wildman–Crippen LogP) is 15.2. The largest absolute Gasteiger partial charge is 0.310 e. The summed E-state index contributed by atoms with van der Waals surface area (Å²) in [5.74, 6) is 0. The van der Waals surface area contributed by atoms with E-state index in [1.807, 2.05) is 11.3 Å². The van der Waals surface area contributed by atoms with Crippen LogP contribution in [0.2, 0.25) is 0 Å². The van der Waals surface area contributed by atoms with Gasteiger partial charge in [-0.25, -0.2) is 0 Å². The minimum Gasteiger partial charge on any atom is -0.310 e. The molecule has 10 aromatic rings. The van der Waals surface area contributed by atoms with Crippen LogP contribution in [0.15, 0.2) is 224 Å². The first-order valence-electron chi connectivity index (χ1n) is 19.6. The van der Waals surface area contributed by atoms with E-state index in [0.29, 0.717) is 0 Å². The van der Waals surface area contributed by atoms with Crippen molar-refractivity contribution >= 4 is 48.6 Å². The van der Waals surface area contributed by atoms with E-state index in [4.69, 9.17) is 0 Å². The lowest BCUT2D eigenvalue weighted by atomic mass is 9.67. The first kappa shape index (κ1) is 33.3. The topological polar surface area (TPSA) is 3.24 Å². The van der Waals surface area contributed by atoms with Gasteiger partial charge in [-0.05, 0) is 110 Å². The molecule has 1 aromatic heterocycles. The molecule has 0 radical (unpaired) electrons. The third kappa shape index (κ3) is 5.44. The summed E-state index contributed by atoms with van der Waals surface area (Å²) in [4.78, 5) is 2.41. The van der Waals surface area contributed by atoms with Gasteiger partial charge in [0.15, 0.2) is 0 Å². The van der Waals surface area contributed by atoms with E-state index < -0.39 is 5.41 Å². The Kier molecular flexibility index (Phi) is 7.98. The second-order valence-electron chi connectivity index (χ2n) is 14.9. The van der Waals surface area contributed by atoms with Crippen molar-refractivity contribution in [2.75, 3.05) is 4.90 Å². The summed E-state index contributed by atoms with van der Waals surface area (Å²) in [5, 5.41) is 2.57. The Labute approximate surface area is 337 Å². The molecule has 0 aliphatic heterocycles. The molecule has 0 saturated carbocycles. The second kappa shape index (κ2) is 13.6. The molecular formula is C55H37NS. The maximum atomic E-state index is 2.48. The van der Waals surface area contributed by atoms with Crippen molar-refractivity contribution in [2.45, 2.75) is 5.41 Å². The smallest absolute Gasteiger partial charge is 0.0713 e. The lowest BCUT2D eigenvalue weighted by Crippen LogP contribution is -2.28. The van der Waals surface area contributed by atoms with Crippen LogP contribution in [-0.4, -0.2) is 0 Å². The fraction of sp³-hybridized carbons (Fsp3) is 0.0182. The van der Waals surface area contributed by atoms with E-state index in [0.717, 1.165) is 17.1 Å². The number of hydrogen-bond acceptors (Lipinski definition) is 2. The third-order valence-electron chi connectivity index (χ3n) is 11.7. The van der Waals surface area contributed by atoms with Crippen LogP contribution in [-0.2, 0) is 5.41 Å². The van der Waals surface area contributed by atoms with E-state index in [1.54, 1.807) is 0 Å². The fourth-order valence-corrected chi connectivity index (χ4v) is 10.3. The molecule has 0 bridgehead atoms. The molecule has 1 heterocycles. The average Bonchev–Trinajstić information content (AvgIpc) is 3.81. The quantitative estimate of drug-likeness (QED) is 0.157. The van der Waals surface area contributed by atoms with Crippen LogP contribution in [0.5, 0.6) is 0 Å². The van der Waals surface area contributed by atoms with Gasteiger partial charge >= 0.3 is 0 Å². The van der Waals surface area contributed by atoms with Crippen LogP contribution < -0.4 is 4.90 Å². The molecule has 57 heavy (non-hydrogen) atoms. The Balaban J connectivity index is 1.10. The molecule has 11 rings (SSSR count). The van der Waals surface area contributed by atoms with E-state index in [1.165, 1.54) is 75.8 Å². The maximum Gasteiger partial charge on any atom is 0.0713 e. The van der Waals surface area contributed by atoms with Crippen LogP contribution in [0.4, 0.5) is 17.1 Å². The van der Waals surface area contributed by atoms with Gasteiger partial charge in [0.2, 0.25) is 0 Å². The molecule has 0 fully saturated rings. The Morgan fingerprint density at radius 3 is 1.47 bits per heavy atom. The summed E-state index contributed by atoms with van der Waals surface area (Å²) in [7, 11) is 0. The van der Waals surface area contributed by atoms with Crippen LogP contribution in [0.25, 0.3) is 53.6 Å². The van der Waals surface area contributed by atoms with Gasteiger partial charge in [0.1, 0.15) is 0 Å². The first-order chi connectivity index (χ1) is 28.3. The highest BCUT2D eigenvalue weighted by atomic mass is 32.1. The number of fused-ring (bicyclic) bond motifs is 6. The summed E-state index contributed by atoms with van der Waals surface area (Å²) in [5.41, 5.74) is 15.6. The number of thiophene rings is 1. The van der Waals surface area contributed by atoms with Crippen molar-refractivity contribution in [3.05, 3.63) is 247 Å². The Bertz CT molecular complexity index is 2950. The molecule has 0 atom stereocenters. The van der Waals surface area contributed by atoms with Gasteiger partial charge in [0.25, 0.3) is 0 Å². The van der Waals surface area contributed by atoms with Gasteiger partial charge in [-0.15, -0.1) is 11.3 Å². The summed E-state index contributed by atoms with van der Waals surface area (Å²) >= 11 is 1.87. The molecule has 0 spiro atoms. The number of benzene rings is 9.